The number of hydrogen-bond donors (Lipinski definition) is 2. The molecule has 0 radical (unpaired) electrons. The van der Waals surface area contributed by atoms with Gasteiger partial charge in [0.25, 0.3) is 5.91 Å². The summed E-state index contributed by atoms with van der Waals surface area (Å²) in [4.78, 5) is 38.9. The van der Waals surface area contributed by atoms with Crippen molar-refractivity contribution in [3.05, 3.63) is 29.8 Å². The summed E-state index contributed by atoms with van der Waals surface area (Å²) >= 11 is 0. The molecule has 8 heteroatoms. The molecule has 2 N–H and O–H groups in total. The second-order valence-corrected chi connectivity index (χ2v) is 7.58. The average molecular weight is 378 g/mol. The maximum absolute atomic E-state index is 13.2. The van der Waals surface area contributed by atoms with Crippen molar-refractivity contribution >= 4 is 23.8 Å². The van der Waals surface area contributed by atoms with Gasteiger partial charge in [-0.2, -0.15) is 0 Å². The highest BCUT2D eigenvalue weighted by Crippen LogP contribution is 2.37. The van der Waals surface area contributed by atoms with Crippen molar-refractivity contribution in [1.29, 1.82) is 0 Å². The van der Waals surface area contributed by atoms with Crippen molar-refractivity contribution in [2.45, 2.75) is 58.3 Å². The zero-order valence-corrected chi connectivity index (χ0v) is 16.2. The van der Waals surface area contributed by atoms with E-state index in [4.69, 9.17) is 9.47 Å². The van der Waals surface area contributed by atoms with Gasteiger partial charge in [-0.1, -0.05) is 18.2 Å². The van der Waals surface area contributed by atoms with Crippen LogP contribution in [0.15, 0.2) is 24.3 Å². The number of aliphatic hydroxyl groups excluding tert-OH is 1. The molecule has 0 saturated heterocycles. The van der Waals surface area contributed by atoms with E-state index in [-0.39, 0.29) is 18.7 Å². The van der Waals surface area contributed by atoms with E-state index in [1.165, 1.54) is 6.92 Å². The highest BCUT2D eigenvalue weighted by molar-refractivity contribution is 6.17. The number of nitrogens with one attached hydrogen (secondary N) is 1. The van der Waals surface area contributed by atoms with Crippen LogP contribution in [0.2, 0.25) is 0 Å². The van der Waals surface area contributed by atoms with E-state index in [0.717, 1.165) is 4.90 Å². The topological polar surface area (TPSA) is 105 Å². The van der Waals surface area contributed by atoms with E-state index >= 15 is 0 Å². The Balaban J connectivity index is 2.46. The first-order valence-electron chi connectivity index (χ1n) is 8.78. The molecule has 148 valence electrons. The summed E-state index contributed by atoms with van der Waals surface area (Å²) in [5.41, 5.74) is -1.72. The summed E-state index contributed by atoms with van der Waals surface area (Å²) in [6.07, 6.45) is -2.90. The number of carbonyl (C=O) groups excluding carboxylic acids is 3. The van der Waals surface area contributed by atoms with Gasteiger partial charge in [-0.05, 0) is 40.7 Å². The number of benzene rings is 1. The van der Waals surface area contributed by atoms with Crippen molar-refractivity contribution in [2.24, 2.45) is 0 Å². The van der Waals surface area contributed by atoms with Crippen molar-refractivity contribution in [3.63, 3.8) is 0 Å². The fourth-order valence-corrected chi connectivity index (χ4v) is 2.92. The second kappa shape index (κ2) is 7.56. The van der Waals surface area contributed by atoms with Gasteiger partial charge in [0.05, 0.1) is 18.4 Å². The molecule has 0 saturated carbocycles. The third-order valence-corrected chi connectivity index (χ3v) is 4.04. The first-order valence-corrected chi connectivity index (χ1v) is 8.78. The number of nitrogens with zero attached hydrogens (tertiary/aromatic N) is 1. The van der Waals surface area contributed by atoms with Crippen molar-refractivity contribution in [3.8, 4) is 0 Å². The number of carbonyl (C=O) groups is 3. The van der Waals surface area contributed by atoms with Gasteiger partial charge in [0, 0.05) is 12.0 Å². The lowest BCUT2D eigenvalue weighted by molar-refractivity contribution is -0.125. The Bertz CT molecular complexity index is 742. The van der Waals surface area contributed by atoms with Crippen LogP contribution in [0.1, 0.15) is 52.7 Å². The van der Waals surface area contributed by atoms with Crippen LogP contribution in [-0.4, -0.2) is 40.9 Å². The van der Waals surface area contributed by atoms with Gasteiger partial charge in [0.15, 0.2) is 0 Å². The molecule has 0 bridgehead atoms. The Hall–Kier alpha value is -2.61. The molecule has 2 rings (SSSR count). The van der Waals surface area contributed by atoms with Gasteiger partial charge in [0.1, 0.15) is 11.1 Å². The minimum atomic E-state index is -1.58. The monoisotopic (exact) mass is 378 g/mol. The molecule has 1 heterocycles. The van der Waals surface area contributed by atoms with Gasteiger partial charge in [-0.25, -0.2) is 14.5 Å². The molecule has 1 aromatic carbocycles. The molecule has 1 aliphatic heterocycles. The van der Waals surface area contributed by atoms with Crippen LogP contribution < -0.4 is 10.2 Å². The molecule has 0 spiro atoms. The third kappa shape index (κ3) is 4.57. The van der Waals surface area contributed by atoms with E-state index in [2.05, 4.69) is 5.32 Å². The Morgan fingerprint density at radius 3 is 2.56 bits per heavy atom. The number of anilines is 1. The number of hydrogen-bond acceptors (Lipinski definition) is 6. The molecule has 1 unspecified atom stereocenters. The van der Waals surface area contributed by atoms with Crippen LogP contribution in [-0.2, 0) is 14.3 Å². The van der Waals surface area contributed by atoms with Gasteiger partial charge >= 0.3 is 12.2 Å². The van der Waals surface area contributed by atoms with Crippen molar-refractivity contribution < 1.29 is 29.0 Å². The third-order valence-electron chi connectivity index (χ3n) is 4.04. The summed E-state index contributed by atoms with van der Waals surface area (Å²) in [5, 5.41) is 13.2. The normalized spacial score (nSPS) is 22.5. The molecule has 0 aromatic heterocycles. The van der Waals surface area contributed by atoms with Crippen molar-refractivity contribution in [1.82, 2.24) is 5.32 Å². The largest absolute Gasteiger partial charge is 0.449 e. The lowest BCUT2D eigenvalue weighted by atomic mass is 9.92. The number of ether oxygens (including phenoxy) is 2. The van der Waals surface area contributed by atoms with Crippen LogP contribution in [0.5, 0.6) is 0 Å². The first-order chi connectivity index (χ1) is 12.5. The van der Waals surface area contributed by atoms with E-state index in [0.29, 0.717) is 5.56 Å². The molecule has 0 fully saturated rings. The SMILES string of the molecule is CCOC(=O)N1C(=O)[C@@](C)(NC(=O)OC(C)(C)C)CC(O)c2ccccc21. The Morgan fingerprint density at radius 1 is 1.33 bits per heavy atom. The first kappa shape index (κ1) is 20.7. The number of alkyl carbamates (subject to hydrolysis) is 1. The lowest BCUT2D eigenvalue weighted by Gasteiger charge is -2.32. The fourth-order valence-electron chi connectivity index (χ4n) is 2.92. The quantitative estimate of drug-likeness (QED) is 0.820. The average Bonchev–Trinajstić information content (AvgIpc) is 2.60. The van der Waals surface area contributed by atoms with Crippen molar-refractivity contribution in [2.75, 3.05) is 11.5 Å². The van der Waals surface area contributed by atoms with E-state index in [1.807, 2.05) is 0 Å². The van der Waals surface area contributed by atoms with E-state index in [1.54, 1.807) is 52.0 Å². The minimum absolute atomic E-state index is 0.0730. The van der Waals surface area contributed by atoms with E-state index in [9.17, 15) is 19.5 Å². The predicted molar refractivity (Wildman–Crippen MR) is 98.3 cm³/mol. The zero-order chi connectivity index (χ0) is 20.4. The standard InChI is InChI=1S/C19H26N2O6/c1-6-26-17(25)21-13-10-8-7-9-12(13)14(22)11-19(5,15(21)23)20-16(24)27-18(2,3)4/h7-10,14,22H,6,11H2,1-5H3,(H,20,24)/t14?,19-/m0/s1. The summed E-state index contributed by atoms with van der Waals surface area (Å²) in [5.74, 6) is -0.712. The molecule has 0 aliphatic carbocycles. The molecule has 1 aromatic rings. The molecule has 1 aliphatic rings. The van der Waals surface area contributed by atoms with Crippen LogP contribution in [0.25, 0.3) is 0 Å². The molecule has 3 amide bonds. The van der Waals surface area contributed by atoms with Gasteiger partial charge in [0.2, 0.25) is 0 Å². The Morgan fingerprint density at radius 2 is 1.96 bits per heavy atom. The zero-order valence-electron chi connectivity index (χ0n) is 16.2. The smallest absolute Gasteiger partial charge is 0.421 e. The lowest BCUT2D eigenvalue weighted by Crippen LogP contribution is -2.59. The maximum Gasteiger partial charge on any atom is 0.421 e. The fraction of sp³-hybridized carbons (Fsp3) is 0.526. The molecular weight excluding hydrogens is 352 g/mol. The molecule has 2 atom stereocenters. The number of fused-ring (bicyclic) bond motifs is 1. The van der Waals surface area contributed by atoms with Gasteiger partial charge in [-0.15, -0.1) is 0 Å². The second-order valence-electron chi connectivity index (χ2n) is 7.58. The maximum atomic E-state index is 13.2. The Labute approximate surface area is 158 Å². The predicted octanol–water partition coefficient (Wildman–Crippen LogP) is 2.90. The van der Waals surface area contributed by atoms with Crippen LogP contribution in [0.3, 0.4) is 0 Å². The number of aliphatic hydroxyl groups is 1. The highest BCUT2D eigenvalue weighted by atomic mass is 16.6. The van der Waals surface area contributed by atoms with Crippen LogP contribution in [0.4, 0.5) is 15.3 Å². The highest BCUT2D eigenvalue weighted by Gasteiger charge is 2.47. The summed E-state index contributed by atoms with van der Waals surface area (Å²) < 4.78 is 10.3. The molecular formula is C19H26N2O6. The summed E-state index contributed by atoms with van der Waals surface area (Å²) in [6.45, 7) is 8.22. The van der Waals surface area contributed by atoms with Crippen LogP contribution in [0, 0.1) is 0 Å². The number of amides is 3. The Kier molecular flexibility index (Phi) is 5.79. The van der Waals surface area contributed by atoms with E-state index < -0.39 is 35.3 Å². The number of imide groups is 1. The molecule has 27 heavy (non-hydrogen) atoms. The molecule has 8 nitrogen and oxygen atoms in total. The minimum Gasteiger partial charge on any atom is -0.449 e. The summed E-state index contributed by atoms with van der Waals surface area (Å²) in [7, 11) is 0. The summed E-state index contributed by atoms with van der Waals surface area (Å²) in [6, 6.07) is 6.51. The van der Waals surface area contributed by atoms with Crippen LogP contribution >= 0.6 is 0 Å². The number of para-hydroxylation sites is 1. The number of rotatable bonds is 2. The van der Waals surface area contributed by atoms with Gasteiger partial charge < -0.3 is 19.9 Å². The van der Waals surface area contributed by atoms with Gasteiger partial charge in [-0.3, -0.25) is 4.79 Å².